The van der Waals surface area contributed by atoms with Crippen LogP contribution in [0, 0.1) is 11.3 Å². The summed E-state index contributed by atoms with van der Waals surface area (Å²) in [5.41, 5.74) is 0.143. The maximum atomic E-state index is 11.9. The third-order valence-corrected chi connectivity index (χ3v) is 5.89. The van der Waals surface area contributed by atoms with E-state index in [4.69, 9.17) is 14.2 Å². The zero-order valence-corrected chi connectivity index (χ0v) is 13.4. The van der Waals surface area contributed by atoms with Gasteiger partial charge in [-0.25, -0.2) is 4.79 Å². The first-order valence-electron chi connectivity index (χ1n) is 8.62. The highest BCUT2D eigenvalue weighted by Crippen LogP contribution is 2.63. The molecule has 0 bridgehead atoms. The van der Waals surface area contributed by atoms with E-state index in [2.05, 4.69) is 0 Å². The second-order valence-electron chi connectivity index (χ2n) is 6.85. The van der Waals surface area contributed by atoms with Crippen molar-refractivity contribution in [3.05, 3.63) is 0 Å². The molecule has 3 aliphatic rings. The summed E-state index contributed by atoms with van der Waals surface area (Å²) in [6.45, 7) is 4.79. The van der Waals surface area contributed by atoms with Crippen LogP contribution in [0.1, 0.15) is 65.2 Å². The number of fused-ring (bicyclic) bond motifs is 1. The lowest BCUT2D eigenvalue weighted by Crippen LogP contribution is -2.50. The second-order valence-corrected chi connectivity index (χ2v) is 6.85. The van der Waals surface area contributed by atoms with Gasteiger partial charge in [0.2, 0.25) is 0 Å². The number of rotatable bonds is 5. The normalized spacial score (nSPS) is 37.6. The van der Waals surface area contributed by atoms with E-state index >= 15 is 0 Å². The Bertz CT molecular complexity index is 376. The van der Waals surface area contributed by atoms with Crippen molar-refractivity contribution in [3.8, 4) is 0 Å². The number of hydrogen-bond donors (Lipinski definition) is 0. The molecule has 21 heavy (non-hydrogen) atoms. The molecule has 0 amide bonds. The number of hydrogen-bond acceptors (Lipinski definition) is 4. The molecule has 1 saturated heterocycles. The van der Waals surface area contributed by atoms with Gasteiger partial charge in [-0.05, 0) is 51.9 Å². The third kappa shape index (κ3) is 2.40. The smallest absolute Gasteiger partial charge is 0.335 e. The molecular weight excluding hydrogens is 268 g/mol. The SMILES string of the molecule is CCOC(=O)C(C)O[C@]12CCCC1(C1CCCC1)CCO2. The highest BCUT2D eigenvalue weighted by molar-refractivity contribution is 5.74. The van der Waals surface area contributed by atoms with Crippen LogP contribution in [0.4, 0.5) is 0 Å². The van der Waals surface area contributed by atoms with Crippen LogP contribution < -0.4 is 0 Å². The van der Waals surface area contributed by atoms with E-state index in [-0.39, 0.29) is 11.4 Å². The Morgan fingerprint density at radius 2 is 2.00 bits per heavy atom. The van der Waals surface area contributed by atoms with Gasteiger partial charge in [-0.2, -0.15) is 0 Å². The van der Waals surface area contributed by atoms with Crippen molar-refractivity contribution in [1.82, 2.24) is 0 Å². The average Bonchev–Trinajstić information content (AvgIpc) is 3.11. The molecule has 1 aliphatic heterocycles. The monoisotopic (exact) mass is 296 g/mol. The van der Waals surface area contributed by atoms with Crippen molar-refractivity contribution >= 4 is 5.97 Å². The first kappa shape index (κ1) is 15.3. The van der Waals surface area contributed by atoms with Gasteiger partial charge in [0.05, 0.1) is 13.2 Å². The predicted molar refractivity (Wildman–Crippen MR) is 78.7 cm³/mol. The lowest BCUT2D eigenvalue weighted by molar-refractivity contribution is -0.275. The molecular formula is C17H28O4. The van der Waals surface area contributed by atoms with Crippen LogP contribution in [0.2, 0.25) is 0 Å². The van der Waals surface area contributed by atoms with E-state index < -0.39 is 11.9 Å². The van der Waals surface area contributed by atoms with E-state index in [1.54, 1.807) is 6.92 Å². The topological polar surface area (TPSA) is 44.8 Å². The van der Waals surface area contributed by atoms with Gasteiger partial charge in [0.25, 0.3) is 0 Å². The highest BCUT2D eigenvalue weighted by atomic mass is 16.7. The number of carbonyl (C=O) groups excluding carboxylic acids is 1. The van der Waals surface area contributed by atoms with Gasteiger partial charge in [-0.1, -0.05) is 12.8 Å². The molecule has 3 fully saturated rings. The maximum Gasteiger partial charge on any atom is 0.335 e. The molecule has 0 aromatic heterocycles. The summed E-state index contributed by atoms with van der Waals surface area (Å²) < 4.78 is 17.5. The average molecular weight is 296 g/mol. The van der Waals surface area contributed by atoms with Crippen LogP contribution in [0.25, 0.3) is 0 Å². The maximum absolute atomic E-state index is 11.9. The Hall–Kier alpha value is -0.610. The van der Waals surface area contributed by atoms with Crippen molar-refractivity contribution in [2.75, 3.05) is 13.2 Å². The molecule has 2 unspecified atom stereocenters. The van der Waals surface area contributed by atoms with Crippen LogP contribution in [0.15, 0.2) is 0 Å². The molecule has 0 spiro atoms. The number of carbonyl (C=O) groups is 1. The molecule has 3 atom stereocenters. The Kier molecular flexibility index (Phi) is 4.28. The fourth-order valence-corrected chi connectivity index (χ4v) is 5.01. The largest absolute Gasteiger partial charge is 0.464 e. The van der Waals surface area contributed by atoms with Crippen LogP contribution in [0.3, 0.4) is 0 Å². The van der Waals surface area contributed by atoms with Crippen molar-refractivity contribution in [1.29, 1.82) is 0 Å². The predicted octanol–water partition coefficient (Wildman–Crippen LogP) is 3.43. The minimum absolute atomic E-state index is 0.143. The van der Waals surface area contributed by atoms with Crippen LogP contribution in [0.5, 0.6) is 0 Å². The Balaban J connectivity index is 1.78. The van der Waals surface area contributed by atoms with Crippen LogP contribution >= 0.6 is 0 Å². The summed E-state index contributed by atoms with van der Waals surface area (Å²) in [5.74, 6) is -0.0970. The van der Waals surface area contributed by atoms with Crippen molar-refractivity contribution in [2.24, 2.45) is 11.3 Å². The van der Waals surface area contributed by atoms with Gasteiger partial charge < -0.3 is 14.2 Å². The molecule has 4 nitrogen and oxygen atoms in total. The third-order valence-electron chi connectivity index (χ3n) is 5.89. The minimum Gasteiger partial charge on any atom is -0.464 e. The molecule has 3 rings (SSSR count). The zero-order chi connectivity index (χ0) is 14.9. The van der Waals surface area contributed by atoms with Gasteiger partial charge in [-0.15, -0.1) is 0 Å². The van der Waals surface area contributed by atoms with Crippen LogP contribution in [-0.2, 0) is 19.0 Å². The summed E-state index contributed by atoms with van der Waals surface area (Å²) in [6, 6.07) is 0. The molecule has 2 saturated carbocycles. The van der Waals surface area contributed by atoms with Gasteiger partial charge in [0, 0.05) is 11.8 Å². The second kappa shape index (κ2) is 5.88. The molecule has 0 N–H and O–H groups in total. The van der Waals surface area contributed by atoms with Gasteiger partial charge in [0.15, 0.2) is 11.9 Å². The molecule has 0 aromatic carbocycles. The Morgan fingerprint density at radius 3 is 2.71 bits per heavy atom. The molecule has 4 heteroatoms. The zero-order valence-electron chi connectivity index (χ0n) is 13.4. The fraction of sp³-hybridized carbons (Fsp3) is 0.941. The summed E-state index contributed by atoms with van der Waals surface area (Å²) in [6.07, 6.45) is 9.05. The molecule has 120 valence electrons. The highest BCUT2D eigenvalue weighted by Gasteiger charge is 2.64. The van der Waals surface area contributed by atoms with Gasteiger partial charge in [0.1, 0.15) is 0 Å². The molecule has 1 heterocycles. The van der Waals surface area contributed by atoms with Gasteiger partial charge >= 0.3 is 5.97 Å². The Morgan fingerprint density at radius 1 is 1.24 bits per heavy atom. The molecule has 0 aromatic rings. The van der Waals surface area contributed by atoms with Crippen LogP contribution in [-0.4, -0.2) is 31.1 Å². The van der Waals surface area contributed by atoms with E-state index in [1.165, 1.54) is 32.1 Å². The number of ether oxygens (including phenoxy) is 3. The lowest BCUT2D eigenvalue weighted by Gasteiger charge is -2.44. The lowest BCUT2D eigenvalue weighted by atomic mass is 9.68. The number of esters is 1. The first-order valence-corrected chi connectivity index (χ1v) is 8.62. The molecule has 0 radical (unpaired) electrons. The Labute approximate surface area is 127 Å². The van der Waals surface area contributed by atoms with E-state index in [9.17, 15) is 4.79 Å². The first-order chi connectivity index (χ1) is 10.1. The summed E-state index contributed by atoms with van der Waals surface area (Å²) in [5, 5.41) is 0. The summed E-state index contributed by atoms with van der Waals surface area (Å²) >= 11 is 0. The van der Waals surface area contributed by atoms with E-state index in [1.807, 2.05) is 6.92 Å². The molecule has 2 aliphatic carbocycles. The summed E-state index contributed by atoms with van der Waals surface area (Å²) in [7, 11) is 0. The standard InChI is InChI=1S/C17H28O4/c1-3-19-15(18)13(2)21-17-10-6-9-16(17,11-12-20-17)14-7-4-5-8-14/h13-14H,3-12H2,1-2H3/t13?,16?,17-/m1/s1. The van der Waals surface area contributed by atoms with Crippen molar-refractivity contribution in [2.45, 2.75) is 77.1 Å². The summed E-state index contributed by atoms with van der Waals surface area (Å²) in [4.78, 5) is 11.9. The quantitative estimate of drug-likeness (QED) is 0.729. The van der Waals surface area contributed by atoms with E-state index in [0.29, 0.717) is 12.5 Å². The van der Waals surface area contributed by atoms with Crippen molar-refractivity contribution < 1.29 is 19.0 Å². The minimum atomic E-state index is -0.540. The fourth-order valence-electron chi connectivity index (χ4n) is 5.01. The van der Waals surface area contributed by atoms with E-state index in [0.717, 1.165) is 25.9 Å². The van der Waals surface area contributed by atoms with Gasteiger partial charge in [-0.3, -0.25) is 0 Å². The van der Waals surface area contributed by atoms with Crippen molar-refractivity contribution in [3.63, 3.8) is 0 Å².